The Hall–Kier alpha value is -1.36. The van der Waals surface area contributed by atoms with Crippen LogP contribution in [0.25, 0.3) is 0 Å². The molecule has 0 amide bonds. The number of hydrogen-bond donors (Lipinski definition) is 2. The summed E-state index contributed by atoms with van der Waals surface area (Å²) in [4.78, 5) is 8.31. The highest BCUT2D eigenvalue weighted by molar-refractivity contribution is 5.51. The number of nitrogens with one attached hydrogen (secondary N) is 2. The summed E-state index contributed by atoms with van der Waals surface area (Å²) in [5.74, 6) is 2.22. The standard InChI is InChI=1S/C11H18N4O/c1-8-10(16-2)11(15-7-14-8)13-6-9-3-4-12-5-9/h7,9,12H,3-6H2,1-2H3,(H,13,14,15). The lowest BCUT2D eigenvalue weighted by Gasteiger charge is -2.13. The van der Waals surface area contributed by atoms with E-state index in [4.69, 9.17) is 4.74 Å². The van der Waals surface area contributed by atoms with Crippen molar-refractivity contribution in [1.82, 2.24) is 15.3 Å². The van der Waals surface area contributed by atoms with Crippen molar-refractivity contribution in [3.8, 4) is 5.75 Å². The van der Waals surface area contributed by atoms with Crippen molar-refractivity contribution in [2.45, 2.75) is 13.3 Å². The molecule has 88 valence electrons. The van der Waals surface area contributed by atoms with Crippen LogP contribution in [-0.4, -0.2) is 36.7 Å². The van der Waals surface area contributed by atoms with Gasteiger partial charge in [0.1, 0.15) is 6.33 Å². The fourth-order valence-corrected chi connectivity index (χ4v) is 1.96. The van der Waals surface area contributed by atoms with Gasteiger partial charge in [-0.2, -0.15) is 0 Å². The summed E-state index contributed by atoms with van der Waals surface area (Å²) in [6, 6.07) is 0. The summed E-state index contributed by atoms with van der Waals surface area (Å²) in [6.07, 6.45) is 2.78. The second-order valence-corrected chi connectivity index (χ2v) is 4.08. The van der Waals surface area contributed by atoms with Crippen LogP contribution >= 0.6 is 0 Å². The molecule has 2 rings (SSSR count). The van der Waals surface area contributed by atoms with Gasteiger partial charge in [0.25, 0.3) is 0 Å². The minimum Gasteiger partial charge on any atom is -0.491 e. The number of rotatable bonds is 4. The third-order valence-corrected chi connectivity index (χ3v) is 2.91. The molecule has 1 aliphatic heterocycles. The molecule has 2 N–H and O–H groups in total. The summed E-state index contributed by atoms with van der Waals surface area (Å²) in [6.45, 7) is 5.05. The molecule has 1 aromatic heterocycles. The van der Waals surface area contributed by atoms with Crippen LogP contribution in [-0.2, 0) is 0 Å². The molecule has 1 aromatic rings. The normalized spacial score (nSPS) is 19.8. The molecule has 0 radical (unpaired) electrons. The zero-order valence-electron chi connectivity index (χ0n) is 9.79. The lowest BCUT2D eigenvalue weighted by Crippen LogP contribution is -2.18. The molecule has 5 heteroatoms. The van der Waals surface area contributed by atoms with Gasteiger partial charge in [-0.25, -0.2) is 9.97 Å². The van der Waals surface area contributed by atoms with Gasteiger partial charge in [-0.1, -0.05) is 0 Å². The average molecular weight is 222 g/mol. The van der Waals surface area contributed by atoms with E-state index in [2.05, 4.69) is 20.6 Å². The monoisotopic (exact) mass is 222 g/mol. The predicted octanol–water partition coefficient (Wildman–Crippen LogP) is 0.815. The maximum Gasteiger partial charge on any atom is 0.182 e. The Labute approximate surface area is 95.6 Å². The van der Waals surface area contributed by atoms with Crippen LogP contribution in [0, 0.1) is 12.8 Å². The molecule has 5 nitrogen and oxygen atoms in total. The maximum atomic E-state index is 5.29. The summed E-state index contributed by atoms with van der Waals surface area (Å²) < 4.78 is 5.29. The van der Waals surface area contributed by atoms with Gasteiger partial charge in [0.15, 0.2) is 11.6 Å². The minimum atomic E-state index is 0.681. The second kappa shape index (κ2) is 5.12. The van der Waals surface area contributed by atoms with Gasteiger partial charge in [-0.15, -0.1) is 0 Å². The van der Waals surface area contributed by atoms with Gasteiger partial charge in [0, 0.05) is 6.54 Å². The van der Waals surface area contributed by atoms with Crippen molar-refractivity contribution in [3.05, 3.63) is 12.0 Å². The zero-order chi connectivity index (χ0) is 11.4. The van der Waals surface area contributed by atoms with Gasteiger partial charge in [0.2, 0.25) is 0 Å². The molecule has 1 saturated heterocycles. The van der Waals surface area contributed by atoms with E-state index in [1.165, 1.54) is 6.42 Å². The first-order valence-corrected chi connectivity index (χ1v) is 5.61. The van der Waals surface area contributed by atoms with Gasteiger partial charge < -0.3 is 15.4 Å². The van der Waals surface area contributed by atoms with Crippen molar-refractivity contribution in [2.75, 3.05) is 32.1 Å². The summed E-state index contributed by atoms with van der Waals surface area (Å²) >= 11 is 0. The van der Waals surface area contributed by atoms with E-state index in [-0.39, 0.29) is 0 Å². The number of hydrogen-bond acceptors (Lipinski definition) is 5. The zero-order valence-corrected chi connectivity index (χ0v) is 9.79. The number of methoxy groups -OCH3 is 1. The maximum absolute atomic E-state index is 5.29. The highest BCUT2D eigenvalue weighted by Gasteiger charge is 2.15. The third-order valence-electron chi connectivity index (χ3n) is 2.91. The van der Waals surface area contributed by atoms with E-state index < -0.39 is 0 Å². The molecule has 1 fully saturated rings. The Kier molecular flexibility index (Phi) is 3.56. The molecule has 0 spiro atoms. The van der Waals surface area contributed by atoms with Crippen LogP contribution in [0.4, 0.5) is 5.82 Å². The van der Waals surface area contributed by atoms with Crippen LogP contribution in [0.5, 0.6) is 5.75 Å². The smallest absolute Gasteiger partial charge is 0.182 e. The Morgan fingerprint density at radius 2 is 2.44 bits per heavy atom. The first-order valence-electron chi connectivity index (χ1n) is 5.61. The predicted molar refractivity (Wildman–Crippen MR) is 62.8 cm³/mol. The highest BCUT2D eigenvalue weighted by Crippen LogP contribution is 2.24. The Morgan fingerprint density at radius 1 is 1.56 bits per heavy atom. The average Bonchev–Trinajstić information content (AvgIpc) is 2.79. The Bertz CT molecular complexity index is 350. The van der Waals surface area contributed by atoms with E-state index >= 15 is 0 Å². The first kappa shape index (κ1) is 11.1. The van der Waals surface area contributed by atoms with E-state index in [1.807, 2.05) is 6.92 Å². The summed E-state index contributed by atoms with van der Waals surface area (Å²) in [5.41, 5.74) is 0.865. The van der Waals surface area contributed by atoms with Crippen LogP contribution in [0.2, 0.25) is 0 Å². The van der Waals surface area contributed by atoms with Crippen molar-refractivity contribution in [3.63, 3.8) is 0 Å². The molecule has 1 atom stereocenters. The number of aromatic nitrogens is 2. The van der Waals surface area contributed by atoms with Crippen molar-refractivity contribution in [2.24, 2.45) is 5.92 Å². The number of aryl methyl sites for hydroxylation is 1. The molecular formula is C11H18N4O. The highest BCUT2D eigenvalue weighted by atomic mass is 16.5. The summed E-state index contributed by atoms with van der Waals surface area (Å²) in [7, 11) is 1.65. The number of anilines is 1. The minimum absolute atomic E-state index is 0.681. The van der Waals surface area contributed by atoms with Crippen LogP contribution in [0.1, 0.15) is 12.1 Å². The van der Waals surface area contributed by atoms with E-state index in [0.717, 1.165) is 36.9 Å². The molecule has 1 aliphatic rings. The van der Waals surface area contributed by atoms with Crippen LogP contribution < -0.4 is 15.4 Å². The van der Waals surface area contributed by atoms with Crippen molar-refractivity contribution in [1.29, 1.82) is 0 Å². The second-order valence-electron chi connectivity index (χ2n) is 4.08. The van der Waals surface area contributed by atoms with Crippen LogP contribution in [0.15, 0.2) is 6.33 Å². The lowest BCUT2D eigenvalue weighted by molar-refractivity contribution is 0.408. The fraction of sp³-hybridized carbons (Fsp3) is 0.636. The molecule has 16 heavy (non-hydrogen) atoms. The van der Waals surface area contributed by atoms with Gasteiger partial charge in [-0.05, 0) is 32.4 Å². The molecule has 1 unspecified atom stereocenters. The van der Waals surface area contributed by atoms with E-state index in [1.54, 1.807) is 13.4 Å². The quantitative estimate of drug-likeness (QED) is 0.789. The van der Waals surface area contributed by atoms with Crippen LogP contribution in [0.3, 0.4) is 0 Å². The fourth-order valence-electron chi connectivity index (χ4n) is 1.96. The van der Waals surface area contributed by atoms with Gasteiger partial charge in [0.05, 0.1) is 12.8 Å². The van der Waals surface area contributed by atoms with Gasteiger partial charge >= 0.3 is 0 Å². The molecule has 0 aliphatic carbocycles. The molecular weight excluding hydrogens is 204 g/mol. The molecule has 0 saturated carbocycles. The van der Waals surface area contributed by atoms with E-state index in [9.17, 15) is 0 Å². The summed E-state index contributed by atoms with van der Waals surface area (Å²) in [5, 5.41) is 6.68. The first-order chi connectivity index (χ1) is 7.81. The van der Waals surface area contributed by atoms with Crippen molar-refractivity contribution < 1.29 is 4.74 Å². The van der Waals surface area contributed by atoms with E-state index in [0.29, 0.717) is 5.92 Å². The third kappa shape index (κ3) is 2.41. The van der Waals surface area contributed by atoms with Gasteiger partial charge in [-0.3, -0.25) is 0 Å². The molecule has 0 aromatic carbocycles. The number of ether oxygens (including phenoxy) is 1. The Balaban J connectivity index is 2.00. The SMILES string of the molecule is COc1c(C)ncnc1NCC1CCNC1. The number of nitrogens with zero attached hydrogens (tertiary/aromatic N) is 2. The van der Waals surface area contributed by atoms with Crippen molar-refractivity contribution >= 4 is 5.82 Å². The molecule has 2 heterocycles. The Morgan fingerprint density at radius 3 is 3.12 bits per heavy atom. The largest absolute Gasteiger partial charge is 0.491 e. The molecule has 0 bridgehead atoms. The topological polar surface area (TPSA) is 59.1 Å². The lowest BCUT2D eigenvalue weighted by atomic mass is 10.1.